The Hall–Kier alpha value is -1.92. The van der Waals surface area contributed by atoms with Gasteiger partial charge in [0.15, 0.2) is 20.5 Å². The minimum absolute atomic E-state index is 0.0210. The van der Waals surface area contributed by atoms with Gasteiger partial charge in [0.05, 0.1) is 0 Å². The summed E-state index contributed by atoms with van der Waals surface area (Å²) in [6.45, 7) is 14.0. The fraction of sp³-hybridized carbons (Fsp3) is 0.714. The molecule has 178 valence electrons. The van der Waals surface area contributed by atoms with Crippen LogP contribution in [0.3, 0.4) is 0 Å². The highest BCUT2D eigenvalue weighted by Crippen LogP contribution is 2.57. The largest absolute Gasteiger partial charge is 0.444 e. The summed E-state index contributed by atoms with van der Waals surface area (Å²) in [4.78, 5) is 31.1. The number of amides is 2. The monoisotopic (exact) mass is 468 g/mol. The van der Waals surface area contributed by atoms with E-state index in [4.69, 9.17) is 23.5 Å². The maximum atomic E-state index is 12.8. The normalized spacial score (nSPS) is 39.9. The highest BCUT2D eigenvalue weighted by atomic mass is 28.4. The van der Waals surface area contributed by atoms with Crippen molar-refractivity contribution in [1.82, 2.24) is 10.4 Å². The number of ether oxygens (including phenoxy) is 3. The van der Waals surface area contributed by atoms with Crippen LogP contribution in [0.15, 0.2) is 24.8 Å². The van der Waals surface area contributed by atoms with Gasteiger partial charge in [0.1, 0.15) is 24.3 Å². The molecule has 2 heterocycles. The Balaban J connectivity index is 1.80. The van der Waals surface area contributed by atoms with Crippen LogP contribution in [0.2, 0.25) is 18.1 Å². The van der Waals surface area contributed by atoms with Crippen molar-refractivity contribution in [3.05, 3.63) is 24.8 Å². The van der Waals surface area contributed by atoms with Gasteiger partial charge in [-0.1, -0.05) is 39.5 Å². The molecule has 4 rings (SSSR count). The maximum absolute atomic E-state index is 12.8. The summed E-state index contributed by atoms with van der Waals surface area (Å²) in [5.74, 6) is -1.94. The van der Waals surface area contributed by atoms with Crippen LogP contribution < -0.4 is 5.32 Å². The Morgan fingerprint density at radius 2 is 2.06 bits per heavy atom. The van der Waals surface area contributed by atoms with Gasteiger partial charge in [0.25, 0.3) is 0 Å². The second-order valence-electron chi connectivity index (χ2n) is 10.2. The van der Waals surface area contributed by atoms with E-state index < -0.39 is 62.1 Å². The van der Waals surface area contributed by atoms with Crippen molar-refractivity contribution in [2.45, 2.75) is 74.6 Å². The third-order valence-corrected chi connectivity index (χ3v) is 11.9. The molecule has 0 unspecified atom stereocenters. The van der Waals surface area contributed by atoms with Gasteiger partial charge in [0, 0.05) is 13.0 Å². The summed E-state index contributed by atoms with van der Waals surface area (Å²) in [5.41, 5.74) is -1.07. The molecule has 32 heavy (non-hydrogen) atoms. The molecule has 1 saturated carbocycles. The van der Waals surface area contributed by atoms with E-state index in [0.29, 0.717) is 0 Å². The molecule has 2 aliphatic carbocycles. The molecule has 2 amide bonds. The van der Waals surface area contributed by atoms with Gasteiger partial charge in [-0.2, -0.15) is 5.06 Å². The Morgan fingerprint density at radius 1 is 1.38 bits per heavy atom. The minimum Gasteiger partial charge on any atom is -0.444 e. The molecule has 0 aromatic heterocycles. The van der Waals surface area contributed by atoms with E-state index in [1.165, 1.54) is 13.2 Å². The lowest BCUT2D eigenvalue weighted by molar-refractivity contribution is -0.263. The molecule has 1 spiro atoms. The van der Waals surface area contributed by atoms with Crippen LogP contribution in [0.4, 0.5) is 9.59 Å². The first-order chi connectivity index (χ1) is 14.8. The Morgan fingerprint density at radius 3 is 2.66 bits per heavy atom. The van der Waals surface area contributed by atoms with Crippen LogP contribution in [0.1, 0.15) is 20.8 Å². The first-order valence-corrected chi connectivity index (χ1v) is 13.6. The van der Waals surface area contributed by atoms with Gasteiger partial charge < -0.3 is 29.1 Å². The molecule has 4 aliphatic rings. The van der Waals surface area contributed by atoms with Crippen molar-refractivity contribution in [1.29, 1.82) is 0 Å². The van der Waals surface area contributed by atoms with Gasteiger partial charge in [-0.3, -0.25) is 4.84 Å². The number of carbonyl (C=O) groups excluding carboxylic acids is 2. The zero-order chi connectivity index (χ0) is 23.7. The lowest BCUT2D eigenvalue weighted by atomic mass is 9.74. The number of methoxy groups -OCH3 is 1. The number of hydroxylamine groups is 2. The molecular weight excluding hydrogens is 436 g/mol. The Kier molecular flexibility index (Phi) is 5.29. The second-order valence-corrected chi connectivity index (χ2v) is 15.0. The van der Waals surface area contributed by atoms with Gasteiger partial charge in [-0.15, -0.1) is 0 Å². The van der Waals surface area contributed by atoms with Crippen molar-refractivity contribution >= 4 is 20.5 Å². The van der Waals surface area contributed by atoms with Gasteiger partial charge in [-0.25, -0.2) is 9.59 Å². The van der Waals surface area contributed by atoms with Crippen molar-refractivity contribution in [2.75, 3.05) is 13.7 Å². The lowest BCUT2D eigenvalue weighted by Gasteiger charge is -2.49. The Bertz CT molecular complexity index is 857. The quantitative estimate of drug-likeness (QED) is 0.358. The van der Waals surface area contributed by atoms with Gasteiger partial charge >= 0.3 is 12.2 Å². The summed E-state index contributed by atoms with van der Waals surface area (Å²) < 4.78 is 23.2. The molecule has 10 nitrogen and oxygen atoms in total. The molecule has 0 bridgehead atoms. The summed E-state index contributed by atoms with van der Waals surface area (Å²) in [5, 5.41) is 14.8. The number of nitrogens with zero attached hydrogens (tertiary/aromatic N) is 1. The highest BCUT2D eigenvalue weighted by molar-refractivity contribution is 6.74. The van der Waals surface area contributed by atoms with E-state index >= 15 is 0 Å². The lowest BCUT2D eigenvalue weighted by Crippen LogP contribution is -2.65. The zero-order valence-electron chi connectivity index (χ0n) is 19.3. The molecular formula is C21H32N2O8Si. The maximum Gasteiger partial charge on any atom is 0.434 e. The molecule has 0 aromatic rings. The van der Waals surface area contributed by atoms with Crippen LogP contribution >= 0.6 is 0 Å². The van der Waals surface area contributed by atoms with Crippen molar-refractivity contribution in [3.63, 3.8) is 0 Å². The van der Waals surface area contributed by atoms with Crippen LogP contribution in [0, 0.1) is 5.92 Å². The molecule has 11 heteroatoms. The van der Waals surface area contributed by atoms with E-state index in [2.05, 4.69) is 45.8 Å². The molecule has 0 aromatic carbocycles. The molecule has 7 atom stereocenters. The van der Waals surface area contributed by atoms with Crippen molar-refractivity contribution in [3.8, 4) is 0 Å². The van der Waals surface area contributed by atoms with Crippen LogP contribution in [0.25, 0.3) is 0 Å². The number of aliphatic hydroxyl groups is 1. The SMILES string of the molecule is C=CCOC(=O)N1O[C@@H]2[C@@H]3[C@H]1[C@@H](O)[C@H]1OC(=O)N[C@@]31C=C[C@]2(OC)O[Si](C)(C)C(C)(C)C. The highest BCUT2D eigenvalue weighted by Gasteiger charge is 2.77. The number of hydrogen-bond donors (Lipinski definition) is 2. The van der Waals surface area contributed by atoms with Crippen molar-refractivity contribution in [2.24, 2.45) is 5.92 Å². The van der Waals surface area contributed by atoms with E-state index in [9.17, 15) is 14.7 Å². The number of aliphatic hydroxyl groups excluding tert-OH is 1. The van der Waals surface area contributed by atoms with Crippen LogP contribution in [-0.4, -0.2) is 80.1 Å². The third kappa shape index (κ3) is 3.06. The fourth-order valence-electron chi connectivity index (χ4n) is 4.91. The smallest absolute Gasteiger partial charge is 0.434 e. The molecule has 2 saturated heterocycles. The van der Waals surface area contributed by atoms with E-state index in [0.717, 1.165) is 5.06 Å². The Labute approximate surface area is 188 Å². The van der Waals surface area contributed by atoms with E-state index in [-0.39, 0.29) is 11.6 Å². The average Bonchev–Trinajstić information content (AvgIpc) is 3.33. The molecule has 3 fully saturated rings. The summed E-state index contributed by atoms with van der Waals surface area (Å²) in [6.07, 6.45) is 0.536. The number of hydrogen-bond acceptors (Lipinski definition) is 8. The predicted molar refractivity (Wildman–Crippen MR) is 115 cm³/mol. The minimum atomic E-state index is -2.39. The third-order valence-electron chi connectivity index (χ3n) is 7.46. The average molecular weight is 469 g/mol. The summed E-state index contributed by atoms with van der Waals surface area (Å²) in [7, 11) is -0.878. The van der Waals surface area contributed by atoms with Crippen LogP contribution in [0.5, 0.6) is 0 Å². The first kappa shape index (κ1) is 23.2. The summed E-state index contributed by atoms with van der Waals surface area (Å²) >= 11 is 0. The van der Waals surface area contributed by atoms with Gasteiger partial charge in [0.2, 0.25) is 5.79 Å². The number of alkyl carbamates (subject to hydrolysis) is 1. The van der Waals surface area contributed by atoms with E-state index in [1.807, 2.05) is 0 Å². The number of nitrogens with one attached hydrogen (secondary N) is 1. The zero-order valence-corrected chi connectivity index (χ0v) is 20.3. The number of carbonyl (C=O) groups is 2. The van der Waals surface area contributed by atoms with Crippen LogP contribution in [-0.2, 0) is 23.5 Å². The predicted octanol–water partition coefficient (Wildman–Crippen LogP) is 2.07. The van der Waals surface area contributed by atoms with E-state index in [1.54, 1.807) is 12.2 Å². The van der Waals surface area contributed by atoms with Gasteiger partial charge in [-0.05, 0) is 24.2 Å². The topological polar surface area (TPSA) is 116 Å². The molecule has 2 N–H and O–H groups in total. The molecule has 2 aliphatic heterocycles. The standard InChI is InChI=1S/C21H32N2O8Si/c1-8-11-28-18(26)23-13-12-15(30-23)21(27-5,31-32(6,7)19(2,3)4)10-9-20(12)16(14(13)24)29-17(25)22-20/h8-10,12-16,24H,1,11H2,2-7H3,(H,22,25)/t12-,13-,14+,15+,16+,20-,21-/m0/s1. The molecule has 0 radical (unpaired) electrons. The summed E-state index contributed by atoms with van der Waals surface area (Å²) in [6, 6.07) is -0.842. The number of rotatable bonds is 5. The van der Waals surface area contributed by atoms with Crippen molar-refractivity contribution < 1.29 is 38.2 Å². The first-order valence-electron chi connectivity index (χ1n) is 10.7. The second kappa shape index (κ2) is 7.29. The fourth-order valence-corrected chi connectivity index (χ4v) is 6.28.